The highest BCUT2D eigenvalue weighted by atomic mass is 79.9. The molecule has 2 heterocycles. The molecule has 2 fully saturated rings. The predicted octanol–water partition coefficient (Wildman–Crippen LogP) is 2.00. The molecule has 0 aromatic heterocycles. The number of fused-ring (bicyclic) bond motifs is 2. The van der Waals surface area contributed by atoms with Crippen LogP contribution in [0.15, 0.2) is 28.7 Å². The minimum Gasteiger partial charge on any atom is -0.311 e. The van der Waals surface area contributed by atoms with Crippen molar-refractivity contribution in [1.82, 2.24) is 10.2 Å². The smallest absolute Gasteiger partial charge is 0.0249 e. The number of hydrogen-bond acceptors (Lipinski definition) is 2. The average Bonchev–Trinajstić information content (AvgIpc) is 2.83. The number of piperazine rings is 1. The van der Waals surface area contributed by atoms with E-state index in [2.05, 4.69) is 50.4 Å². The van der Waals surface area contributed by atoms with Gasteiger partial charge in [0.15, 0.2) is 0 Å². The molecule has 2 unspecified atom stereocenters. The van der Waals surface area contributed by atoms with Gasteiger partial charge < -0.3 is 5.32 Å². The highest BCUT2D eigenvalue weighted by Gasteiger charge is 2.37. The molecule has 0 radical (unpaired) electrons. The van der Waals surface area contributed by atoms with Crippen molar-refractivity contribution < 1.29 is 0 Å². The fraction of sp³-hybridized carbons (Fsp3) is 0.500. The molecular formula is C12H15BrN2. The molecule has 1 aromatic carbocycles. The number of rotatable bonds is 2. The number of nitrogens with zero attached hydrogens (tertiary/aromatic N) is 1. The summed E-state index contributed by atoms with van der Waals surface area (Å²) in [7, 11) is 0. The van der Waals surface area contributed by atoms with E-state index in [1.807, 2.05) is 0 Å². The van der Waals surface area contributed by atoms with Gasteiger partial charge in [-0.3, -0.25) is 4.90 Å². The van der Waals surface area contributed by atoms with Crippen molar-refractivity contribution in [3.63, 3.8) is 0 Å². The third-order valence-electron chi connectivity index (χ3n) is 3.50. The first-order valence-corrected chi connectivity index (χ1v) is 6.33. The Morgan fingerprint density at radius 3 is 2.93 bits per heavy atom. The predicted molar refractivity (Wildman–Crippen MR) is 64.7 cm³/mol. The second-order valence-corrected chi connectivity index (χ2v) is 5.37. The number of benzene rings is 1. The van der Waals surface area contributed by atoms with E-state index in [-0.39, 0.29) is 0 Å². The normalized spacial score (nSPS) is 29.9. The van der Waals surface area contributed by atoms with Gasteiger partial charge in [0.2, 0.25) is 0 Å². The minimum atomic E-state index is 0.748. The third kappa shape index (κ3) is 1.84. The molecule has 2 atom stereocenters. The van der Waals surface area contributed by atoms with Crippen molar-refractivity contribution >= 4 is 15.9 Å². The lowest BCUT2D eigenvalue weighted by Gasteiger charge is -2.27. The summed E-state index contributed by atoms with van der Waals surface area (Å²) in [5, 5.41) is 3.53. The SMILES string of the molecule is Brc1ccccc1CN1CC2CC1CN2. The summed E-state index contributed by atoms with van der Waals surface area (Å²) in [5.74, 6) is 0. The molecule has 0 spiro atoms. The van der Waals surface area contributed by atoms with Crippen LogP contribution in [0.4, 0.5) is 0 Å². The molecule has 0 aliphatic carbocycles. The van der Waals surface area contributed by atoms with E-state index in [0.29, 0.717) is 0 Å². The van der Waals surface area contributed by atoms with Crippen molar-refractivity contribution in [1.29, 1.82) is 0 Å². The summed E-state index contributed by atoms with van der Waals surface area (Å²) in [5.41, 5.74) is 1.41. The summed E-state index contributed by atoms with van der Waals surface area (Å²) < 4.78 is 1.24. The van der Waals surface area contributed by atoms with Crippen molar-refractivity contribution in [2.75, 3.05) is 13.1 Å². The lowest BCUT2D eigenvalue weighted by atomic mass is 10.2. The Labute approximate surface area is 98.8 Å². The van der Waals surface area contributed by atoms with Gasteiger partial charge >= 0.3 is 0 Å². The van der Waals surface area contributed by atoms with Gasteiger partial charge in [0.1, 0.15) is 0 Å². The Balaban J connectivity index is 1.73. The lowest BCUT2D eigenvalue weighted by Crippen LogP contribution is -2.43. The van der Waals surface area contributed by atoms with Crippen LogP contribution in [0, 0.1) is 0 Å². The highest BCUT2D eigenvalue weighted by molar-refractivity contribution is 9.10. The van der Waals surface area contributed by atoms with Crippen LogP contribution in [0.2, 0.25) is 0 Å². The minimum absolute atomic E-state index is 0.748. The summed E-state index contributed by atoms with van der Waals surface area (Å²) >= 11 is 3.61. The molecule has 2 nitrogen and oxygen atoms in total. The number of hydrogen-bond donors (Lipinski definition) is 1. The summed E-state index contributed by atoms with van der Waals surface area (Å²) in [6.07, 6.45) is 1.34. The molecule has 15 heavy (non-hydrogen) atoms. The molecule has 80 valence electrons. The fourth-order valence-corrected chi connectivity index (χ4v) is 3.10. The Kier molecular flexibility index (Phi) is 2.54. The quantitative estimate of drug-likeness (QED) is 0.881. The van der Waals surface area contributed by atoms with E-state index in [1.54, 1.807) is 0 Å². The number of nitrogens with one attached hydrogen (secondary N) is 1. The van der Waals surface area contributed by atoms with Gasteiger partial charge in [0.25, 0.3) is 0 Å². The Morgan fingerprint density at radius 1 is 1.40 bits per heavy atom. The van der Waals surface area contributed by atoms with Crippen LogP contribution in [-0.4, -0.2) is 30.1 Å². The van der Waals surface area contributed by atoms with Crippen LogP contribution in [0.25, 0.3) is 0 Å². The van der Waals surface area contributed by atoms with Crippen LogP contribution in [0.5, 0.6) is 0 Å². The van der Waals surface area contributed by atoms with Crippen LogP contribution in [-0.2, 0) is 6.54 Å². The van der Waals surface area contributed by atoms with Crippen LogP contribution in [0.3, 0.4) is 0 Å². The number of halogens is 1. The first-order valence-electron chi connectivity index (χ1n) is 5.54. The van der Waals surface area contributed by atoms with Crippen molar-refractivity contribution in [2.45, 2.75) is 25.0 Å². The summed E-state index contributed by atoms with van der Waals surface area (Å²) in [4.78, 5) is 2.60. The van der Waals surface area contributed by atoms with Crippen LogP contribution in [0.1, 0.15) is 12.0 Å². The lowest BCUT2D eigenvalue weighted by molar-refractivity contribution is 0.217. The third-order valence-corrected chi connectivity index (χ3v) is 4.27. The molecule has 2 aliphatic rings. The standard InChI is InChI=1S/C12H15BrN2/c13-12-4-2-1-3-9(12)7-15-8-10-5-11(15)6-14-10/h1-4,10-11,14H,5-8H2. The molecule has 0 saturated carbocycles. The average molecular weight is 267 g/mol. The maximum absolute atomic E-state index is 3.61. The molecule has 2 saturated heterocycles. The van der Waals surface area contributed by atoms with E-state index in [9.17, 15) is 0 Å². The fourth-order valence-electron chi connectivity index (χ4n) is 2.69. The highest BCUT2D eigenvalue weighted by Crippen LogP contribution is 2.27. The first kappa shape index (κ1) is 9.82. The van der Waals surface area contributed by atoms with E-state index >= 15 is 0 Å². The molecule has 1 N–H and O–H groups in total. The Hall–Kier alpha value is -0.380. The second kappa shape index (κ2) is 3.89. The van der Waals surface area contributed by atoms with Crippen molar-refractivity contribution in [3.8, 4) is 0 Å². The molecule has 0 amide bonds. The molecule has 2 bridgehead atoms. The molecule has 2 aliphatic heterocycles. The Bertz CT molecular complexity index is 366. The monoisotopic (exact) mass is 266 g/mol. The van der Waals surface area contributed by atoms with Gasteiger partial charge in [-0.05, 0) is 18.1 Å². The summed E-state index contributed by atoms with van der Waals surface area (Å²) in [6.45, 7) is 3.48. The maximum atomic E-state index is 3.61. The van der Waals surface area contributed by atoms with Gasteiger partial charge in [-0.25, -0.2) is 0 Å². The van der Waals surface area contributed by atoms with Crippen LogP contribution >= 0.6 is 15.9 Å². The van der Waals surface area contributed by atoms with E-state index in [0.717, 1.165) is 18.6 Å². The van der Waals surface area contributed by atoms with Crippen molar-refractivity contribution in [3.05, 3.63) is 34.3 Å². The van der Waals surface area contributed by atoms with E-state index < -0.39 is 0 Å². The summed E-state index contributed by atoms with van der Waals surface area (Å²) in [6, 6.07) is 10.0. The Morgan fingerprint density at radius 2 is 2.27 bits per heavy atom. The first-order chi connectivity index (χ1) is 7.33. The molecule has 1 aromatic rings. The zero-order valence-corrected chi connectivity index (χ0v) is 10.2. The van der Waals surface area contributed by atoms with Gasteiger partial charge in [0, 0.05) is 36.2 Å². The maximum Gasteiger partial charge on any atom is 0.0249 e. The largest absolute Gasteiger partial charge is 0.311 e. The zero-order valence-electron chi connectivity index (χ0n) is 8.62. The molecular weight excluding hydrogens is 252 g/mol. The van der Waals surface area contributed by atoms with E-state index in [4.69, 9.17) is 0 Å². The number of likely N-dealkylation sites (tertiary alicyclic amines) is 1. The van der Waals surface area contributed by atoms with Crippen LogP contribution < -0.4 is 5.32 Å². The van der Waals surface area contributed by atoms with Gasteiger partial charge in [0.05, 0.1) is 0 Å². The topological polar surface area (TPSA) is 15.3 Å². The molecule has 3 rings (SSSR count). The molecule has 3 heteroatoms. The van der Waals surface area contributed by atoms with Gasteiger partial charge in [-0.2, -0.15) is 0 Å². The van der Waals surface area contributed by atoms with Crippen molar-refractivity contribution in [2.24, 2.45) is 0 Å². The van der Waals surface area contributed by atoms with Gasteiger partial charge in [-0.1, -0.05) is 34.1 Å². The second-order valence-electron chi connectivity index (χ2n) is 4.52. The zero-order chi connectivity index (χ0) is 10.3. The van der Waals surface area contributed by atoms with Gasteiger partial charge in [-0.15, -0.1) is 0 Å². The van der Waals surface area contributed by atoms with E-state index in [1.165, 1.54) is 29.5 Å².